The Bertz CT molecular complexity index is 831. The van der Waals surface area contributed by atoms with E-state index in [2.05, 4.69) is 15.5 Å². The topological polar surface area (TPSA) is 68.0 Å². The number of benzene rings is 2. The van der Waals surface area contributed by atoms with Crippen molar-refractivity contribution in [3.63, 3.8) is 0 Å². The number of hydrogen-bond acceptors (Lipinski definition) is 4. The van der Waals surface area contributed by atoms with Gasteiger partial charge in [-0.2, -0.15) is 4.98 Å². The standard InChI is InChI=1S/C19H18FN3O2/c1-13(11-14-5-3-2-4-6-14)19(24)21-12-17-22-18(23-25-17)15-7-9-16(20)10-8-15/h2-10,13H,11-12H2,1H3,(H,21,24). The zero-order valence-electron chi connectivity index (χ0n) is 13.8. The van der Waals surface area contributed by atoms with E-state index in [1.54, 1.807) is 12.1 Å². The normalized spacial score (nSPS) is 11.9. The van der Waals surface area contributed by atoms with Gasteiger partial charge in [-0.05, 0) is 36.2 Å². The van der Waals surface area contributed by atoms with Crippen LogP contribution >= 0.6 is 0 Å². The molecule has 3 rings (SSSR count). The molecule has 6 heteroatoms. The summed E-state index contributed by atoms with van der Waals surface area (Å²) in [4.78, 5) is 16.4. The number of halogens is 1. The predicted octanol–water partition coefficient (Wildman–Crippen LogP) is 3.37. The first-order valence-corrected chi connectivity index (χ1v) is 8.02. The first-order chi connectivity index (χ1) is 12.1. The molecule has 1 heterocycles. The van der Waals surface area contributed by atoms with Gasteiger partial charge in [-0.15, -0.1) is 0 Å². The Balaban J connectivity index is 1.54. The number of nitrogens with one attached hydrogen (secondary N) is 1. The van der Waals surface area contributed by atoms with Gasteiger partial charge in [0.25, 0.3) is 0 Å². The van der Waals surface area contributed by atoms with Crippen LogP contribution in [0.25, 0.3) is 11.4 Å². The second-order valence-electron chi connectivity index (χ2n) is 5.83. The van der Waals surface area contributed by atoms with Gasteiger partial charge in [0.1, 0.15) is 5.82 Å². The second-order valence-corrected chi connectivity index (χ2v) is 5.83. The molecule has 0 saturated heterocycles. The highest BCUT2D eigenvalue weighted by Gasteiger charge is 2.15. The molecule has 1 amide bonds. The zero-order valence-corrected chi connectivity index (χ0v) is 13.8. The Hall–Kier alpha value is -3.02. The van der Waals surface area contributed by atoms with Crippen molar-refractivity contribution in [3.8, 4) is 11.4 Å². The van der Waals surface area contributed by atoms with Gasteiger partial charge in [0.05, 0.1) is 6.54 Å². The lowest BCUT2D eigenvalue weighted by molar-refractivity contribution is -0.124. The lowest BCUT2D eigenvalue weighted by Crippen LogP contribution is -2.30. The van der Waals surface area contributed by atoms with Crippen LogP contribution in [0.2, 0.25) is 0 Å². The van der Waals surface area contributed by atoms with Gasteiger partial charge in [-0.3, -0.25) is 4.79 Å². The van der Waals surface area contributed by atoms with Crippen molar-refractivity contribution in [1.82, 2.24) is 15.5 Å². The van der Waals surface area contributed by atoms with Gasteiger partial charge in [0, 0.05) is 11.5 Å². The Morgan fingerprint density at radius 2 is 1.88 bits per heavy atom. The van der Waals surface area contributed by atoms with Gasteiger partial charge < -0.3 is 9.84 Å². The van der Waals surface area contributed by atoms with Crippen molar-refractivity contribution in [2.45, 2.75) is 19.9 Å². The molecule has 0 aliphatic heterocycles. The summed E-state index contributed by atoms with van der Waals surface area (Å²) < 4.78 is 18.1. The molecule has 1 aromatic heterocycles. The van der Waals surface area contributed by atoms with Crippen LogP contribution in [-0.2, 0) is 17.8 Å². The average Bonchev–Trinajstić information content (AvgIpc) is 3.10. The van der Waals surface area contributed by atoms with E-state index in [9.17, 15) is 9.18 Å². The Labute approximate surface area is 144 Å². The fourth-order valence-electron chi connectivity index (χ4n) is 2.44. The minimum Gasteiger partial charge on any atom is -0.347 e. The summed E-state index contributed by atoms with van der Waals surface area (Å²) in [6.07, 6.45) is 0.664. The molecule has 1 N–H and O–H groups in total. The zero-order chi connectivity index (χ0) is 17.6. The molecule has 0 spiro atoms. The SMILES string of the molecule is CC(Cc1ccccc1)C(=O)NCc1nc(-c2ccc(F)cc2)no1. The minimum absolute atomic E-state index is 0.0783. The summed E-state index contributed by atoms with van der Waals surface area (Å²) >= 11 is 0. The molecule has 0 saturated carbocycles. The lowest BCUT2D eigenvalue weighted by atomic mass is 10.0. The smallest absolute Gasteiger partial charge is 0.246 e. The molecule has 25 heavy (non-hydrogen) atoms. The summed E-state index contributed by atoms with van der Waals surface area (Å²) in [5.41, 5.74) is 1.77. The van der Waals surface area contributed by atoms with E-state index in [4.69, 9.17) is 4.52 Å². The van der Waals surface area contributed by atoms with Crippen molar-refractivity contribution in [2.24, 2.45) is 5.92 Å². The summed E-state index contributed by atoms with van der Waals surface area (Å²) in [7, 11) is 0. The highest BCUT2D eigenvalue weighted by Crippen LogP contribution is 2.16. The number of amides is 1. The van der Waals surface area contributed by atoms with Crippen LogP contribution in [0.1, 0.15) is 18.4 Å². The number of aromatic nitrogens is 2. The van der Waals surface area contributed by atoms with Gasteiger partial charge in [0.15, 0.2) is 0 Å². The van der Waals surface area contributed by atoms with Crippen molar-refractivity contribution in [3.05, 3.63) is 71.9 Å². The molecule has 1 atom stereocenters. The average molecular weight is 339 g/mol. The number of nitrogens with zero attached hydrogens (tertiary/aromatic N) is 2. The largest absolute Gasteiger partial charge is 0.347 e. The Kier molecular flexibility index (Phi) is 5.18. The van der Waals surface area contributed by atoms with Crippen LogP contribution < -0.4 is 5.32 Å². The Morgan fingerprint density at radius 3 is 2.60 bits per heavy atom. The summed E-state index contributed by atoms with van der Waals surface area (Å²) in [5.74, 6) is 0.0978. The molecule has 3 aromatic rings. The van der Waals surface area contributed by atoms with Crippen molar-refractivity contribution in [2.75, 3.05) is 0 Å². The molecular formula is C19H18FN3O2. The second kappa shape index (κ2) is 7.70. The number of hydrogen-bond donors (Lipinski definition) is 1. The van der Waals surface area contributed by atoms with E-state index in [0.29, 0.717) is 23.7 Å². The summed E-state index contributed by atoms with van der Waals surface area (Å²) in [6.45, 7) is 2.03. The minimum atomic E-state index is -0.327. The molecule has 0 bridgehead atoms. The summed E-state index contributed by atoms with van der Waals surface area (Å²) in [5, 5.41) is 6.64. The molecule has 0 aliphatic carbocycles. The van der Waals surface area contributed by atoms with Crippen LogP contribution in [0.3, 0.4) is 0 Å². The maximum absolute atomic E-state index is 12.9. The molecule has 1 unspecified atom stereocenters. The van der Waals surface area contributed by atoms with E-state index in [0.717, 1.165) is 5.56 Å². The van der Waals surface area contributed by atoms with Crippen molar-refractivity contribution in [1.29, 1.82) is 0 Å². The first-order valence-electron chi connectivity index (χ1n) is 8.02. The van der Waals surface area contributed by atoms with Gasteiger partial charge in [-0.25, -0.2) is 4.39 Å². The van der Waals surface area contributed by atoms with Gasteiger partial charge in [-0.1, -0.05) is 42.4 Å². The quantitative estimate of drug-likeness (QED) is 0.748. The number of rotatable bonds is 6. The third kappa shape index (κ3) is 4.50. The van der Waals surface area contributed by atoms with Crippen LogP contribution in [-0.4, -0.2) is 16.0 Å². The van der Waals surface area contributed by atoms with Crippen LogP contribution in [0.4, 0.5) is 4.39 Å². The van der Waals surface area contributed by atoms with Crippen LogP contribution in [0.5, 0.6) is 0 Å². The molecular weight excluding hydrogens is 321 g/mol. The van der Waals surface area contributed by atoms with Crippen molar-refractivity contribution >= 4 is 5.91 Å². The van der Waals surface area contributed by atoms with Crippen LogP contribution in [0.15, 0.2) is 59.1 Å². The van der Waals surface area contributed by atoms with E-state index < -0.39 is 0 Å². The number of carbonyl (C=O) groups is 1. The fraction of sp³-hybridized carbons (Fsp3) is 0.211. The van der Waals surface area contributed by atoms with Crippen molar-refractivity contribution < 1.29 is 13.7 Å². The van der Waals surface area contributed by atoms with Crippen LogP contribution in [0, 0.1) is 11.7 Å². The molecule has 0 fully saturated rings. The van der Waals surface area contributed by atoms with E-state index >= 15 is 0 Å². The number of carbonyl (C=O) groups excluding carboxylic acids is 1. The van der Waals surface area contributed by atoms with E-state index in [-0.39, 0.29) is 24.2 Å². The maximum Gasteiger partial charge on any atom is 0.246 e. The van der Waals surface area contributed by atoms with Gasteiger partial charge in [0.2, 0.25) is 17.6 Å². The predicted molar refractivity (Wildman–Crippen MR) is 90.8 cm³/mol. The fourth-order valence-corrected chi connectivity index (χ4v) is 2.44. The maximum atomic E-state index is 12.9. The molecule has 0 aliphatic rings. The lowest BCUT2D eigenvalue weighted by Gasteiger charge is -2.10. The molecule has 128 valence electrons. The third-order valence-electron chi connectivity index (χ3n) is 3.82. The Morgan fingerprint density at radius 1 is 1.16 bits per heavy atom. The van der Waals surface area contributed by atoms with Gasteiger partial charge >= 0.3 is 0 Å². The molecule has 2 aromatic carbocycles. The molecule has 0 radical (unpaired) electrons. The highest BCUT2D eigenvalue weighted by molar-refractivity contribution is 5.78. The highest BCUT2D eigenvalue weighted by atomic mass is 19.1. The first kappa shape index (κ1) is 16.8. The summed E-state index contributed by atoms with van der Waals surface area (Å²) in [6, 6.07) is 15.7. The molecule has 5 nitrogen and oxygen atoms in total. The van der Waals surface area contributed by atoms with E-state index in [1.165, 1.54) is 12.1 Å². The monoisotopic (exact) mass is 339 g/mol. The third-order valence-corrected chi connectivity index (χ3v) is 3.82. The van der Waals surface area contributed by atoms with E-state index in [1.807, 2.05) is 37.3 Å².